The van der Waals surface area contributed by atoms with Crippen molar-refractivity contribution in [2.75, 3.05) is 26.4 Å². The Balaban J connectivity index is 0.000000101. The minimum absolute atomic E-state index is 0.0613. The van der Waals surface area contributed by atoms with Crippen LogP contribution >= 0.6 is 0 Å². The highest BCUT2D eigenvalue weighted by atomic mass is 16.7. The van der Waals surface area contributed by atoms with Crippen molar-refractivity contribution >= 4 is 17.3 Å². The summed E-state index contributed by atoms with van der Waals surface area (Å²) in [6.45, 7) is 2.96. The third-order valence-electron chi connectivity index (χ3n) is 10.0. The van der Waals surface area contributed by atoms with Crippen molar-refractivity contribution < 1.29 is 38.4 Å². The van der Waals surface area contributed by atoms with Crippen LogP contribution in [0.25, 0.3) is 0 Å². The quantitative estimate of drug-likeness (QED) is 0.536. The lowest BCUT2D eigenvalue weighted by atomic mass is 10.0. The molecule has 0 amide bonds. The molecule has 2 heterocycles. The lowest BCUT2D eigenvalue weighted by Gasteiger charge is -2.22. The molecule has 6 saturated carbocycles. The van der Waals surface area contributed by atoms with Crippen LogP contribution in [0.5, 0.6) is 0 Å². The van der Waals surface area contributed by atoms with Gasteiger partial charge in [0.05, 0.1) is 32.5 Å². The van der Waals surface area contributed by atoms with Crippen molar-refractivity contribution in [3.63, 3.8) is 0 Å². The van der Waals surface area contributed by atoms with Gasteiger partial charge in [0.2, 0.25) is 0 Å². The molecule has 1 unspecified atom stereocenters. The summed E-state index contributed by atoms with van der Waals surface area (Å²) < 4.78 is 22.6. The molecule has 0 aromatic rings. The highest BCUT2D eigenvalue weighted by Gasteiger charge is 2.53. The Hall–Kier alpha value is -1.19. The number of carbonyl (C=O) groups excluding carboxylic acids is 3. The van der Waals surface area contributed by atoms with Crippen LogP contribution in [0.1, 0.15) is 77.0 Å². The minimum atomic E-state index is -0.282. The van der Waals surface area contributed by atoms with Gasteiger partial charge in [-0.15, -0.1) is 0 Å². The van der Waals surface area contributed by atoms with E-state index in [0.29, 0.717) is 78.5 Å². The third-order valence-corrected chi connectivity index (χ3v) is 10.0. The van der Waals surface area contributed by atoms with Crippen molar-refractivity contribution in [2.45, 2.75) is 94.7 Å². The standard InChI is InChI=1S/C10H16O3.C10H14O3.C8H10O2/c2*11-9-3-7-5-10(6-8(7)4-9)12-1-2-13-10;9-7-1-5-2-8(10)4-6(5)3-7/h7-9,11H,1-6H2;7-8H,1-6H2;5-6H,1-4H2/t7-,8+,9?;7-,8+;. The average Bonchev–Trinajstić information content (AvgIpc) is 3.62. The molecular weight excluding hydrogens is 464 g/mol. The van der Waals surface area contributed by atoms with Crippen LogP contribution in [0.3, 0.4) is 0 Å². The van der Waals surface area contributed by atoms with Crippen LogP contribution in [0.4, 0.5) is 0 Å². The van der Waals surface area contributed by atoms with Gasteiger partial charge in [0.15, 0.2) is 11.6 Å². The molecule has 0 bridgehead atoms. The molecule has 6 aliphatic carbocycles. The van der Waals surface area contributed by atoms with Crippen molar-refractivity contribution in [1.29, 1.82) is 0 Å². The van der Waals surface area contributed by atoms with Crippen LogP contribution in [-0.2, 0) is 33.3 Å². The molecule has 36 heavy (non-hydrogen) atoms. The van der Waals surface area contributed by atoms with Crippen LogP contribution in [-0.4, -0.2) is 66.6 Å². The molecule has 0 aromatic carbocycles. The molecule has 1 N–H and O–H groups in total. The van der Waals surface area contributed by atoms with Gasteiger partial charge in [0.1, 0.15) is 17.3 Å². The van der Waals surface area contributed by atoms with Crippen molar-refractivity contribution in [1.82, 2.24) is 0 Å². The normalized spacial score (nSPS) is 42.9. The van der Waals surface area contributed by atoms with E-state index in [1.54, 1.807) is 0 Å². The second-order valence-corrected chi connectivity index (χ2v) is 12.6. The first-order chi connectivity index (χ1) is 17.3. The first-order valence-electron chi connectivity index (χ1n) is 14.1. The molecule has 2 spiro atoms. The smallest absolute Gasteiger partial charge is 0.169 e. The summed E-state index contributed by atoms with van der Waals surface area (Å²) in [4.78, 5) is 32.9. The summed E-state index contributed by atoms with van der Waals surface area (Å²) in [7, 11) is 0. The molecular formula is C28H40O8. The van der Waals surface area contributed by atoms with Gasteiger partial charge in [0.25, 0.3) is 0 Å². The van der Waals surface area contributed by atoms with Crippen LogP contribution in [0, 0.1) is 35.5 Å². The van der Waals surface area contributed by atoms with Gasteiger partial charge in [-0.1, -0.05) is 0 Å². The number of ketones is 3. The monoisotopic (exact) mass is 504 g/mol. The van der Waals surface area contributed by atoms with E-state index in [4.69, 9.17) is 18.9 Å². The van der Waals surface area contributed by atoms with Gasteiger partial charge in [-0.25, -0.2) is 0 Å². The van der Waals surface area contributed by atoms with E-state index < -0.39 is 0 Å². The summed E-state index contributed by atoms with van der Waals surface area (Å²) in [6.07, 6.45) is 10.0. The fourth-order valence-corrected chi connectivity index (χ4v) is 8.54. The lowest BCUT2D eigenvalue weighted by Crippen LogP contribution is -2.27. The fraction of sp³-hybridized carbons (Fsp3) is 0.893. The molecule has 8 aliphatic rings. The van der Waals surface area contributed by atoms with E-state index in [1.807, 2.05) is 0 Å². The number of hydrogen-bond donors (Lipinski definition) is 1. The molecule has 8 rings (SSSR count). The zero-order valence-corrected chi connectivity index (χ0v) is 21.2. The fourth-order valence-electron chi connectivity index (χ4n) is 8.54. The molecule has 8 heteroatoms. The second-order valence-electron chi connectivity index (χ2n) is 12.6. The molecule has 0 aromatic heterocycles. The van der Waals surface area contributed by atoms with Crippen molar-refractivity contribution in [3.8, 4) is 0 Å². The van der Waals surface area contributed by atoms with Gasteiger partial charge in [-0.05, 0) is 48.3 Å². The van der Waals surface area contributed by atoms with E-state index in [1.165, 1.54) is 0 Å². The Labute approximate surface area is 212 Å². The number of fused-ring (bicyclic) bond motifs is 3. The van der Waals surface area contributed by atoms with Gasteiger partial charge in [-0.3, -0.25) is 14.4 Å². The molecule has 8 nitrogen and oxygen atoms in total. The summed E-state index contributed by atoms with van der Waals surface area (Å²) in [5.41, 5.74) is 0. The van der Waals surface area contributed by atoms with Gasteiger partial charge in [-0.2, -0.15) is 0 Å². The minimum Gasteiger partial charge on any atom is -0.393 e. The SMILES string of the molecule is O=C1CC2CC(=O)CC2C1.O=C1C[C@@H]2CC3(C[C@@H]2C1)OCCO3.OC1C[C@@H]2CC3(C[C@@H]2C1)OCCO3. The largest absolute Gasteiger partial charge is 0.393 e. The molecule has 200 valence electrons. The number of ether oxygens (including phenoxy) is 4. The van der Waals surface area contributed by atoms with Gasteiger partial charge in [0, 0.05) is 64.2 Å². The Bertz CT molecular complexity index is 801. The number of aliphatic hydroxyl groups is 1. The summed E-state index contributed by atoms with van der Waals surface area (Å²) in [5, 5.41) is 9.48. The highest BCUT2D eigenvalue weighted by Crippen LogP contribution is 2.52. The summed E-state index contributed by atoms with van der Waals surface area (Å²) >= 11 is 0. The molecule has 5 atom stereocenters. The highest BCUT2D eigenvalue weighted by molar-refractivity contribution is 5.88. The van der Waals surface area contributed by atoms with Crippen LogP contribution < -0.4 is 0 Å². The Kier molecular flexibility index (Phi) is 6.86. The second kappa shape index (κ2) is 9.84. The van der Waals surface area contributed by atoms with E-state index in [0.717, 1.165) is 77.8 Å². The number of Topliss-reactive ketones (excluding diaryl/α,β-unsaturated/α-hetero) is 3. The first kappa shape index (κ1) is 25.1. The van der Waals surface area contributed by atoms with Gasteiger partial charge < -0.3 is 24.1 Å². The maximum atomic E-state index is 11.2. The maximum Gasteiger partial charge on any atom is 0.169 e. The third kappa shape index (κ3) is 5.08. The number of carbonyl (C=O) groups is 3. The molecule has 2 saturated heterocycles. The Morgan fingerprint density at radius 3 is 1.17 bits per heavy atom. The molecule has 8 fully saturated rings. The van der Waals surface area contributed by atoms with E-state index in [9.17, 15) is 19.5 Å². The van der Waals surface area contributed by atoms with E-state index >= 15 is 0 Å². The Morgan fingerprint density at radius 1 is 0.500 bits per heavy atom. The van der Waals surface area contributed by atoms with Crippen LogP contribution in [0.15, 0.2) is 0 Å². The number of aliphatic hydroxyl groups excluding tert-OH is 1. The average molecular weight is 505 g/mol. The van der Waals surface area contributed by atoms with E-state index in [-0.39, 0.29) is 17.7 Å². The van der Waals surface area contributed by atoms with Crippen molar-refractivity contribution in [3.05, 3.63) is 0 Å². The summed E-state index contributed by atoms with van der Waals surface area (Å²) in [5.74, 6) is 3.89. The number of hydrogen-bond acceptors (Lipinski definition) is 8. The lowest BCUT2D eigenvalue weighted by molar-refractivity contribution is -0.156. The van der Waals surface area contributed by atoms with E-state index in [2.05, 4.69) is 0 Å². The maximum absolute atomic E-state index is 11.2. The molecule has 0 radical (unpaired) electrons. The first-order valence-corrected chi connectivity index (χ1v) is 14.1. The topological polar surface area (TPSA) is 108 Å². The zero-order chi connectivity index (χ0) is 24.9. The van der Waals surface area contributed by atoms with Crippen molar-refractivity contribution in [2.24, 2.45) is 35.5 Å². The van der Waals surface area contributed by atoms with Gasteiger partial charge >= 0.3 is 0 Å². The zero-order valence-electron chi connectivity index (χ0n) is 21.2. The summed E-state index contributed by atoms with van der Waals surface area (Å²) in [6, 6.07) is 0. The Morgan fingerprint density at radius 2 is 0.806 bits per heavy atom. The predicted octanol–water partition coefficient (Wildman–Crippen LogP) is 2.97. The van der Waals surface area contributed by atoms with Crippen LogP contribution in [0.2, 0.25) is 0 Å². The molecule has 2 aliphatic heterocycles. The predicted molar refractivity (Wildman–Crippen MR) is 127 cm³/mol. The number of rotatable bonds is 0.